The first-order chi connectivity index (χ1) is 10.2. The van der Waals surface area contributed by atoms with E-state index in [1.54, 1.807) is 0 Å². The van der Waals surface area contributed by atoms with Gasteiger partial charge in [0.2, 0.25) is 0 Å². The Balaban J connectivity index is 1.59. The monoisotopic (exact) mass is 287 g/mol. The molecule has 0 bridgehead atoms. The van der Waals surface area contributed by atoms with Crippen LogP contribution in [-0.2, 0) is 13.0 Å². The van der Waals surface area contributed by atoms with Gasteiger partial charge in [0.05, 0.1) is 6.54 Å². The SMILES string of the molecule is CC(C)n1ccnc1CN1CCC[C@@H](Cc2ccn[nH]2)C1. The number of nitrogens with zero attached hydrogens (tertiary/aromatic N) is 4. The van der Waals surface area contributed by atoms with Crippen LogP contribution in [-0.4, -0.2) is 37.7 Å². The van der Waals surface area contributed by atoms with Gasteiger partial charge in [0.25, 0.3) is 0 Å². The minimum Gasteiger partial charge on any atom is -0.331 e. The number of aromatic nitrogens is 4. The minimum atomic E-state index is 0.480. The van der Waals surface area contributed by atoms with Crippen molar-refractivity contribution in [3.8, 4) is 0 Å². The van der Waals surface area contributed by atoms with Crippen LogP contribution in [0.25, 0.3) is 0 Å². The van der Waals surface area contributed by atoms with Gasteiger partial charge in [-0.1, -0.05) is 0 Å². The van der Waals surface area contributed by atoms with Crippen LogP contribution in [0.2, 0.25) is 0 Å². The van der Waals surface area contributed by atoms with Gasteiger partial charge in [-0.05, 0) is 51.6 Å². The Morgan fingerprint density at radius 1 is 1.38 bits per heavy atom. The molecular weight excluding hydrogens is 262 g/mol. The average molecular weight is 287 g/mol. The Labute approximate surface area is 126 Å². The van der Waals surface area contributed by atoms with Crippen molar-refractivity contribution in [2.45, 2.75) is 45.7 Å². The van der Waals surface area contributed by atoms with E-state index in [2.05, 4.69) is 50.8 Å². The summed E-state index contributed by atoms with van der Waals surface area (Å²) < 4.78 is 2.28. The van der Waals surface area contributed by atoms with Crippen LogP contribution in [0.15, 0.2) is 24.7 Å². The molecule has 0 unspecified atom stereocenters. The van der Waals surface area contributed by atoms with Crippen molar-refractivity contribution in [3.63, 3.8) is 0 Å². The second-order valence-corrected chi connectivity index (χ2v) is 6.37. The van der Waals surface area contributed by atoms with Crippen LogP contribution in [0.3, 0.4) is 0 Å². The van der Waals surface area contributed by atoms with Gasteiger partial charge in [0, 0.05) is 36.9 Å². The molecular formula is C16H25N5. The molecule has 114 valence electrons. The molecule has 21 heavy (non-hydrogen) atoms. The molecule has 5 nitrogen and oxygen atoms in total. The molecule has 0 aliphatic carbocycles. The van der Waals surface area contributed by atoms with Gasteiger partial charge in [0.15, 0.2) is 0 Å². The quantitative estimate of drug-likeness (QED) is 0.919. The predicted octanol–water partition coefficient (Wildman–Crippen LogP) is 2.64. The van der Waals surface area contributed by atoms with Crippen molar-refractivity contribution in [1.29, 1.82) is 0 Å². The van der Waals surface area contributed by atoms with E-state index in [-0.39, 0.29) is 0 Å². The maximum atomic E-state index is 4.54. The topological polar surface area (TPSA) is 49.7 Å². The van der Waals surface area contributed by atoms with Crippen LogP contribution >= 0.6 is 0 Å². The molecule has 1 atom stereocenters. The second-order valence-electron chi connectivity index (χ2n) is 6.37. The molecule has 0 radical (unpaired) electrons. The second kappa shape index (κ2) is 6.43. The zero-order valence-electron chi connectivity index (χ0n) is 13.0. The lowest BCUT2D eigenvalue weighted by Crippen LogP contribution is -2.36. The van der Waals surface area contributed by atoms with Gasteiger partial charge in [-0.15, -0.1) is 0 Å². The molecule has 3 rings (SSSR count). The third-order valence-corrected chi connectivity index (χ3v) is 4.34. The van der Waals surface area contributed by atoms with E-state index in [1.807, 2.05) is 12.4 Å². The van der Waals surface area contributed by atoms with Gasteiger partial charge in [0.1, 0.15) is 5.82 Å². The fourth-order valence-corrected chi connectivity index (χ4v) is 3.31. The molecule has 0 aromatic carbocycles. The van der Waals surface area contributed by atoms with E-state index in [0.717, 1.165) is 25.4 Å². The summed E-state index contributed by atoms with van der Waals surface area (Å²) in [5.74, 6) is 1.91. The maximum Gasteiger partial charge on any atom is 0.123 e. The summed E-state index contributed by atoms with van der Waals surface area (Å²) in [7, 11) is 0. The van der Waals surface area contributed by atoms with E-state index in [4.69, 9.17) is 0 Å². The molecule has 0 amide bonds. The Bertz CT molecular complexity index is 543. The van der Waals surface area contributed by atoms with Crippen molar-refractivity contribution in [3.05, 3.63) is 36.2 Å². The van der Waals surface area contributed by atoms with E-state index >= 15 is 0 Å². The predicted molar refractivity (Wildman–Crippen MR) is 82.9 cm³/mol. The largest absolute Gasteiger partial charge is 0.331 e. The first-order valence-corrected chi connectivity index (χ1v) is 7.94. The number of likely N-dealkylation sites (tertiary alicyclic amines) is 1. The van der Waals surface area contributed by atoms with Crippen molar-refractivity contribution in [1.82, 2.24) is 24.6 Å². The molecule has 1 N–H and O–H groups in total. The number of imidazole rings is 1. The zero-order chi connectivity index (χ0) is 14.7. The average Bonchev–Trinajstić information content (AvgIpc) is 3.10. The van der Waals surface area contributed by atoms with Crippen LogP contribution in [0.1, 0.15) is 44.2 Å². The summed E-state index contributed by atoms with van der Waals surface area (Å²) in [6.07, 6.45) is 9.55. The number of hydrogen-bond donors (Lipinski definition) is 1. The van der Waals surface area contributed by atoms with Crippen LogP contribution < -0.4 is 0 Å². The summed E-state index contributed by atoms with van der Waals surface area (Å²) in [5.41, 5.74) is 1.26. The molecule has 0 spiro atoms. The standard InChI is InChI=1S/C16H25N5/c1-13(2)21-9-7-17-16(21)12-20-8-3-4-14(11-20)10-15-5-6-18-19-15/h5-7,9,13-14H,3-4,8,10-12H2,1-2H3,(H,18,19)/t14-/m0/s1. The normalized spacial score (nSPS) is 20.2. The molecule has 1 saturated heterocycles. The minimum absolute atomic E-state index is 0.480. The summed E-state index contributed by atoms with van der Waals surface area (Å²) >= 11 is 0. The Morgan fingerprint density at radius 3 is 3.05 bits per heavy atom. The van der Waals surface area contributed by atoms with E-state index in [9.17, 15) is 0 Å². The molecule has 3 heterocycles. The van der Waals surface area contributed by atoms with Crippen molar-refractivity contribution < 1.29 is 0 Å². The summed E-state index contributed by atoms with van der Waals surface area (Å²) in [6.45, 7) is 7.73. The van der Waals surface area contributed by atoms with Gasteiger partial charge in [-0.25, -0.2) is 4.98 Å². The van der Waals surface area contributed by atoms with E-state index in [0.29, 0.717) is 6.04 Å². The van der Waals surface area contributed by atoms with Crippen LogP contribution in [0, 0.1) is 5.92 Å². The highest BCUT2D eigenvalue weighted by molar-refractivity contribution is 5.00. The fourth-order valence-electron chi connectivity index (χ4n) is 3.31. The number of nitrogens with one attached hydrogen (secondary N) is 1. The number of aromatic amines is 1. The van der Waals surface area contributed by atoms with Crippen molar-refractivity contribution in [2.75, 3.05) is 13.1 Å². The lowest BCUT2D eigenvalue weighted by atomic mass is 9.93. The third kappa shape index (κ3) is 3.53. The molecule has 0 saturated carbocycles. The fraction of sp³-hybridized carbons (Fsp3) is 0.625. The van der Waals surface area contributed by atoms with Crippen LogP contribution in [0.4, 0.5) is 0 Å². The molecule has 5 heteroatoms. The lowest BCUT2D eigenvalue weighted by molar-refractivity contribution is 0.160. The van der Waals surface area contributed by atoms with E-state index in [1.165, 1.54) is 30.9 Å². The lowest BCUT2D eigenvalue weighted by Gasteiger charge is -2.32. The Morgan fingerprint density at radius 2 is 2.29 bits per heavy atom. The van der Waals surface area contributed by atoms with Crippen LogP contribution in [0.5, 0.6) is 0 Å². The van der Waals surface area contributed by atoms with Crippen molar-refractivity contribution in [2.24, 2.45) is 5.92 Å². The van der Waals surface area contributed by atoms with Gasteiger partial charge < -0.3 is 4.57 Å². The molecule has 1 fully saturated rings. The highest BCUT2D eigenvalue weighted by atomic mass is 15.2. The maximum absolute atomic E-state index is 4.54. The Kier molecular flexibility index (Phi) is 4.39. The molecule has 2 aromatic heterocycles. The third-order valence-electron chi connectivity index (χ3n) is 4.34. The summed E-state index contributed by atoms with van der Waals surface area (Å²) in [4.78, 5) is 7.08. The number of hydrogen-bond acceptors (Lipinski definition) is 3. The summed E-state index contributed by atoms with van der Waals surface area (Å²) in [6, 6.07) is 2.57. The number of piperidine rings is 1. The van der Waals surface area contributed by atoms with Gasteiger partial charge in [-0.2, -0.15) is 5.10 Å². The molecule has 1 aliphatic heterocycles. The molecule has 1 aliphatic rings. The number of rotatable bonds is 5. The van der Waals surface area contributed by atoms with Crippen molar-refractivity contribution >= 4 is 0 Å². The highest BCUT2D eigenvalue weighted by Crippen LogP contribution is 2.21. The Hall–Kier alpha value is -1.62. The molecule has 2 aromatic rings. The highest BCUT2D eigenvalue weighted by Gasteiger charge is 2.22. The van der Waals surface area contributed by atoms with E-state index < -0.39 is 0 Å². The first-order valence-electron chi connectivity index (χ1n) is 7.94. The van der Waals surface area contributed by atoms with Gasteiger partial charge >= 0.3 is 0 Å². The summed E-state index contributed by atoms with van der Waals surface area (Å²) in [5, 5.41) is 7.13. The van der Waals surface area contributed by atoms with Gasteiger partial charge in [-0.3, -0.25) is 10.00 Å². The zero-order valence-corrected chi connectivity index (χ0v) is 13.0. The smallest absolute Gasteiger partial charge is 0.123 e. The first kappa shape index (κ1) is 14.3. The number of H-pyrrole nitrogens is 1.